The summed E-state index contributed by atoms with van der Waals surface area (Å²) in [5.41, 5.74) is 0. The van der Waals surface area contributed by atoms with E-state index in [9.17, 15) is 9.59 Å². The molecule has 1 amide bonds. The van der Waals surface area contributed by atoms with Crippen LogP contribution < -0.4 is 5.32 Å². The Morgan fingerprint density at radius 2 is 2.12 bits per heavy atom. The second kappa shape index (κ2) is 6.89. The minimum atomic E-state index is -0.736. The minimum absolute atomic E-state index is 0.0275. The molecule has 0 aromatic rings. The fourth-order valence-electron chi connectivity index (χ4n) is 2.06. The molecular formula is C12H21NO3S. The van der Waals surface area contributed by atoms with E-state index in [1.807, 2.05) is 0 Å². The summed E-state index contributed by atoms with van der Waals surface area (Å²) < 4.78 is 0. The minimum Gasteiger partial charge on any atom is -0.481 e. The van der Waals surface area contributed by atoms with Crippen molar-refractivity contribution in [2.45, 2.75) is 50.8 Å². The predicted molar refractivity (Wildman–Crippen MR) is 69.1 cm³/mol. The lowest BCUT2D eigenvalue weighted by Crippen LogP contribution is -2.40. The molecule has 1 saturated carbocycles. The van der Waals surface area contributed by atoms with Crippen LogP contribution in [0.1, 0.15) is 39.5 Å². The van der Waals surface area contributed by atoms with Gasteiger partial charge in [-0.2, -0.15) is 0 Å². The zero-order valence-corrected chi connectivity index (χ0v) is 11.3. The first kappa shape index (κ1) is 14.4. The van der Waals surface area contributed by atoms with Crippen LogP contribution in [-0.4, -0.2) is 34.0 Å². The summed E-state index contributed by atoms with van der Waals surface area (Å²) >= 11 is 1.61. The third kappa shape index (κ3) is 5.44. The maximum atomic E-state index is 11.6. The fraction of sp³-hybridized carbons (Fsp3) is 0.833. The summed E-state index contributed by atoms with van der Waals surface area (Å²) in [6.45, 7) is 4.11. The smallest absolute Gasteiger partial charge is 0.306 e. The quantitative estimate of drug-likeness (QED) is 0.791. The molecule has 17 heavy (non-hydrogen) atoms. The van der Waals surface area contributed by atoms with Gasteiger partial charge in [-0.1, -0.05) is 20.3 Å². The van der Waals surface area contributed by atoms with Gasteiger partial charge in [0.25, 0.3) is 0 Å². The monoisotopic (exact) mass is 259 g/mol. The number of carbonyl (C=O) groups is 2. The second-order valence-electron chi connectivity index (χ2n) is 4.83. The first-order valence-electron chi connectivity index (χ1n) is 6.12. The highest BCUT2D eigenvalue weighted by atomic mass is 32.2. The molecule has 0 heterocycles. The summed E-state index contributed by atoms with van der Waals surface area (Å²) in [5.74, 6) is -0.529. The third-order valence-electron chi connectivity index (χ3n) is 2.94. The third-order valence-corrected chi connectivity index (χ3v) is 4.03. The van der Waals surface area contributed by atoms with E-state index in [1.54, 1.807) is 11.8 Å². The Kier molecular flexibility index (Phi) is 5.82. The summed E-state index contributed by atoms with van der Waals surface area (Å²) in [4.78, 5) is 22.5. The Morgan fingerprint density at radius 3 is 2.71 bits per heavy atom. The van der Waals surface area contributed by atoms with Gasteiger partial charge in [0.15, 0.2) is 0 Å². The van der Waals surface area contributed by atoms with Crippen LogP contribution in [-0.2, 0) is 9.59 Å². The van der Waals surface area contributed by atoms with E-state index in [0.29, 0.717) is 17.4 Å². The van der Waals surface area contributed by atoms with Crippen molar-refractivity contribution in [1.82, 2.24) is 5.32 Å². The van der Waals surface area contributed by atoms with Crippen molar-refractivity contribution in [3.8, 4) is 0 Å². The number of carbonyl (C=O) groups excluding carboxylic acids is 1. The van der Waals surface area contributed by atoms with Crippen LogP contribution in [0.3, 0.4) is 0 Å². The fourth-order valence-corrected chi connectivity index (χ4v) is 2.62. The van der Waals surface area contributed by atoms with Gasteiger partial charge in [0.2, 0.25) is 5.91 Å². The van der Waals surface area contributed by atoms with Gasteiger partial charge in [-0.3, -0.25) is 9.59 Å². The molecule has 2 N–H and O–H groups in total. The number of carboxylic acid groups (broad SMARTS) is 1. The van der Waals surface area contributed by atoms with Crippen LogP contribution >= 0.6 is 11.8 Å². The molecule has 0 aliphatic heterocycles. The predicted octanol–water partition coefficient (Wildman–Crippen LogP) is 1.89. The van der Waals surface area contributed by atoms with Crippen LogP contribution in [0, 0.1) is 5.92 Å². The van der Waals surface area contributed by atoms with Gasteiger partial charge >= 0.3 is 5.97 Å². The van der Waals surface area contributed by atoms with Crippen LogP contribution in [0.25, 0.3) is 0 Å². The zero-order valence-electron chi connectivity index (χ0n) is 10.4. The van der Waals surface area contributed by atoms with E-state index >= 15 is 0 Å². The number of amides is 1. The number of aliphatic carboxylic acids is 1. The summed E-state index contributed by atoms with van der Waals surface area (Å²) in [5, 5.41) is 12.3. The molecule has 0 radical (unpaired) electrons. The average Bonchev–Trinajstić information content (AvgIpc) is 2.26. The Balaban J connectivity index is 2.30. The van der Waals surface area contributed by atoms with Crippen molar-refractivity contribution in [1.29, 1.82) is 0 Å². The molecule has 2 unspecified atom stereocenters. The molecule has 1 aliphatic carbocycles. The number of carboxylic acids is 1. The Bertz CT molecular complexity index is 281. The van der Waals surface area contributed by atoms with Crippen LogP contribution in [0.4, 0.5) is 0 Å². The van der Waals surface area contributed by atoms with Crippen molar-refractivity contribution >= 4 is 23.6 Å². The number of hydrogen-bond acceptors (Lipinski definition) is 3. The van der Waals surface area contributed by atoms with E-state index in [4.69, 9.17) is 5.11 Å². The van der Waals surface area contributed by atoms with E-state index in [1.165, 1.54) is 0 Å². The normalized spacial score (nSPS) is 24.6. The molecule has 98 valence electrons. The first-order valence-corrected chi connectivity index (χ1v) is 7.17. The molecular weight excluding hydrogens is 238 g/mol. The number of nitrogens with one attached hydrogen (secondary N) is 1. The average molecular weight is 259 g/mol. The standard InChI is InChI=1S/C12H21NO3S/c1-8(2)17-7-11(14)13-10-5-3-4-9(6-10)12(15)16/h8-10H,3-7H2,1-2H3,(H,13,14)(H,15,16). The number of rotatable bonds is 5. The van der Waals surface area contributed by atoms with E-state index in [0.717, 1.165) is 19.3 Å². The van der Waals surface area contributed by atoms with Gasteiger partial charge in [0, 0.05) is 6.04 Å². The Hall–Kier alpha value is -0.710. The molecule has 0 aromatic heterocycles. The Labute approximate surface area is 107 Å². The maximum Gasteiger partial charge on any atom is 0.306 e. The van der Waals surface area contributed by atoms with E-state index in [2.05, 4.69) is 19.2 Å². The van der Waals surface area contributed by atoms with Crippen LogP contribution in [0.2, 0.25) is 0 Å². The highest BCUT2D eigenvalue weighted by Gasteiger charge is 2.27. The lowest BCUT2D eigenvalue weighted by molar-refractivity contribution is -0.143. The highest BCUT2D eigenvalue weighted by molar-refractivity contribution is 8.00. The van der Waals surface area contributed by atoms with Gasteiger partial charge in [0.05, 0.1) is 11.7 Å². The van der Waals surface area contributed by atoms with Crippen molar-refractivity contribution in [2.24, 2.45) is 5.92 Å². The molecule has 4 nitrogen and oxygen atoms in total. The van der Waals surface area contributed by atoms with Crippen LogP contribution in [0.5, 0.6) is 0 Å². The molecule has 1 aliphatic rings. The highest BCUT2D eigenvalue weighted by Crippen LogP contribution is 2.24. The molecule has 5 heteroatoms. The van der Waals surface area contributed by atoms with Crippen molar-refractivity contribution in [3.05, 3.63) is 0 Å². The largest absolute Gasteiger partial charge is 0.481 e. The molecule has 1 rings (SSSR count). The van der Waals surface area contributed by atoms with Gasteiger partial charge in [-0.25, -0.2) is 0 Å². The van der Waals surface area contributed by atoms with E-state index < -0.39 is 5.97 Å². The van der Waals surface area contributed by atoms with Gasteiger partial charge < -0.3 is 10.4 Å². The van der Waals surface area contributed by atoms with Crippen molar-refractivity contribution in [3.63, 3.8) is 0 Å². The number of hydrogen-bond donors (Lipinski definition) is 2. The summed E-state index contributed by atoms with van der Waals surface area (Å²) in [6, 6.07) is 0.0464. The topological polar surface area (TPSA) is 66.4 Å². The summed E-state index contributed by atoms with van der Waals surface area (Å²) in [7, 11) is 0. The molecule has 0 saturated heterocycles. The van der Waals surface area contributed by atoms with Gasteiger partial charge in [-0.15, -0.1) is 11.8 Å². The molecule has 0 aromatic carbocycles. The second-order valence-corrected chi connectivity index (χ2v) is 6.39. The SMILES string of the molecule is CC(C)SCC(=O)NC1CCCC(C(=O)O)C1. The van der Waals surface area contributed by atoms with Gasteiger partial charge in [-0.05, 0) is 24.5 Å². The Morgan fingerprint density at radius 1 is 1.41 bits per heavy atom. The lowest BCUT2D eigenvalue weighted by atomic mass is 9.86. The van der Waals surface area contributed by atoms with Crippen LogP contribution in [0.15, 0.2) is 0 Å². The molecule has 1 fully saturated rings. The van der Waals surface area contributed by atoms with Gasteiger partial charge in [0.1, 0.15) is 0 Å². The molecule has 2 atom stereocenters. The van der Waals surface area contributed by atoms with Crippen molar-refractivity contribution in [2.75, 3.05) is 5.75 Å². The molecule has 0 spiro atoms. The maximum absolute atomic E-state index is 11.6. The van der Waals surface area contributed by atoms with E-state index in [-0.39, 0.29) is 17.9 Å². The lowest BCUT2D eigenvalue weighted by Gasteiger charge is -2.27. The first-order chi connectivity index (χ1) is 7.99. The number of thioether (sulfide) groups is 1. The summed E-state index contributed by atoms with van der Waals surface area (Å²) in [6.07, 6.45) is 3.11. The zero-order chi connectivity index (χ0) is 12.8. The van der Waals surface area contributed by atoms with Crippen molar-refractivity contribution < 1.29 is 14.7 Å². The molecule has 0 bridgehead atoms.